The summed E-state index contributed by atoms with van der Waals surface area (Å²) < 4.78 is 0. The maximum Gasteiger partial charge on any atom is 0.303 e. The van der Waals surface area contributed by atoms with Crippen LogP contribution >= 0.6 is 0 Å². The molecule has 0 bridgehead atoms. The Balaban J connectivity index is 3.78. The van der Waals surface area contributed by atoms with Crippen molar-refractivity contribution >= 4 is 17.8 Å². The van der Waals surface area contributed by atoms with E-state index in [0.29, 0.717) is 6.54 Å². The molecule has 0 aromatic carbocycles. The van der Waals surface area contributed by atoms with Crippen LogP contribution < -0.4 is 5.32 Å². The van der Waals surface area contributed by atoms with Crippen LogP contribution in [0.1, 0.15) is 19.3 Å². The van der Waals surface area contributed by atoms with Crippen molar-refractivity contribution in [2.75, 3.05) is 20.6 Å². The van der Waals surface area contributed by atoms with Gasteiger partial charge in [0.1, 0.15) is 0 Å². The first-order chi connectivity index (χ1) is 6.97. The molecule has 0 atom stereocenters. The van der Waals surface area contributed by atoms with Crippen LogP contribution in [0.2, 0.25) is 0 Å². The average Bonchev–Trinajstić information content (AvgIpc) is 2.21. The Bertz CT molecular complexity index is 252. The Kier molecular flexibility index (Phi) is 6.08. The second-order valence-corrected chi connectivity index (χ2v) is 3.13. The number of rotatable bonds is 6. The number of carbonyl (C=O) groups is 3. The number of hydrogen-bond donors (Lipinski definition) is 2. The molecule has 0 rings (SSSR count). The van der Waals surface area contributed by atoms with Gasteiger partial charge in [0.25, 0.3) is 0 Å². The van der Waals surface area contributed by atoms with Crippen LogP contribution in [-0.2, 0) is 14.4 Å². The lowest BCUT2D eigenvalue weighted by molar-refractivity contribution is -0.140. The molecule has 0 saturated carbocycles. The van der Waals surface area contributed by atoms with Crippen molar-refractivity contribution in [3.8, 4) is 0 Å². The van der Waals surface area contributed by atoms with Gasteiger partial charge in [-0.3, -0.25) is 14.4 Å². The van der Waals surface area contributed by atoms with E-state index in [1.54, 1.807) is 7.05 Å². The van der Waals surface area contributed by atoms with Crippen molar-refractivity contribution in [1.29, 1.82) is 0 Å². The Morgan fingerprint density at radius 3 is 2.27 bits per heavy atom. The molecule has 2 N–H and O–H groups in total. The summed E-state index contributed by atoms with van der Waals surface area (Å²) in [6, 6.07) is 0. The first-order valence-electron chi connectivity index (χ1n) is 4.63. The summed E-state index contributed by atoms with van der Waals surface area (Å²) in [7, 11) is 3.07. The number of carboxylic acids is 1. The van der Waals surface area contributed by atoms with Gasteiger partial charge in [0.2, 0.25) is 11.8 Å². The van der Waals surface area contributed by atoms with Crippen LogP contribution in [0.3, 0.4) is 0 Å². The predicted molar refractivity (Wildman–Crippen MR) is 53.2 cm³/mol. The highest BCUT2D eigenvalue weighted by Crippen LogP contribution is 1.97. The second-order valence-electron chi connectivity index (χ2n) is 3.13. The molecule has 0 aliphatic rings. The summed E-state index contributed by atoms with van der Waals surface area (Å²) in [5.74, 6) is -1.41. The zero-order chi connectivity index (χ0) is 11.8. The van der Waals surface area contributed by atoms with E-state index in [0.717, 1.165) is 0 Å². The maximum absolute atomic E-state index is 11.3. The molecule has 6 nitrogen and oxygen atoms in total. The van der Waals surface area contributed by atoms with E-state index in [9.17, 15) is 14.4 Å². The molecular weight excluding hydrogens is 200 g/mol. The van der Waals surface area contributed by atoms with Crippen LogP contribution in [0, 0.1) is 0 Å². The normalized spacial score (nSPS) is 9.47. The fraction of sp³-hybridized carbons (Fsp3) is 0.667. The number of hydrogen-bond acceptors (Lipinski definition) is 3. The molecule has 0 aromatic heterocycles. The number of nitrogens with one attached hydrogen (secondary N) is 1. The van der Waals surface area contributed by atoms with E-state index in [1.165, 1.54) is 11.9 Å². The molecule has 0 fully saturated rings. The molecule has 15 heavy (non-hydrogen) atoms. The monoisotopic (exact) mass is 216 g/mol. The molecule has 0 saturated heterocycles. The van der Waals surface area contributed by atoms with Crippen molar-refractivity contribution in [3.05, 3.63) is 0 Å². The first-order valence-corrected chi connectivity index (χ1v) is 4.63. The quantitative estimate of drug-likeness (QED) is 0.623. The van der Waals surface area contributed by atoms with Crippen molar-refractivity contribution in [2.24, 2.45) is 0 Å². The Morgan fingerprint density at radius 1 is 1.20 bits per heavy atom. The van der Waals surface area contributed by atoms with Gasteiger partial charge in [0.15, 0.2) is 0 Å². The highest BCUT2D eigenvalue weighted by molar-refractivity contribution is 5.81. The van der Waals surface area contributed by atoms with Gasteiger partial charge < -0.3 is 15.3 Å². The van der Waals surface area contributed by atoms with Crippen LogP contribution in [0.5, 0.6) is 0 Å². The van der Waals surface area contributed by atoms with Crippen LogP contribution in [0.15, 0.2) is 0 Å². The predicted octanol–water partition coefficient (Wildman–Crippen LogP) is -0.554. The summed E-state index contributed by atoms with van der Waals surface area (Å²) in [6.45, 7) is 0.304. The molecule has 2 amide bonds. The first kappa shape index (κ1) is 13.4. The third-order valence-electron chi connectivity index (χ3n) is 1.93. The molecule has 0 heterocycles. The van der Waals surface area contributed by atoms with E-state index >= 15 is 0 Å². The molecule has 0 unspecified atom stereocenters. The van der Waals surface area contributed by atoms with Gasteiger partial charge in [-0.1, -0.05) is 0 Å². The van der Waals surface area contributed by atoms with Crippen LogP contribution in [-0.4, -0.2) is 48.4 Å². The minimum absolute atomic E-state index is 0.0282. The Labute approximate surface area is 88.2 Å². The van der Waals surface area contributed by atoms with E-state index < -0.39 is 5.97 Å². The lowest BCUT2D eigenvalue weighted by Crippen LogP contribution is -2.31. The topological polar surface area (TPSA) is 86.7 Å². The highest BCUT2D eigenvalue weighted by Gasteiger charge is 2.11. The molecule has 86 valence electrons. The summed E-state index contributed by atoms with van der Waals surface area (Å²) in [6.07, 6.45) is 0.0224. The van der Waals surface area contributed by atoms with Crippen molar-refractivity contribution in [3.63, 3.8) is 0 Å². The SMILES string of the molecule is CNC(=O)CCN(C)C(=O)CCC(=O)O. The molecule has 0 radical (unpaired) electrons. The van der Waals surface area contributed by atoms with Gasteiger partial charge in [0, 0.05) is 33.5 Å². The van der Waals surface area contributed by atoms with Gasteiger partial charge >= 0.3 is 5.97 Å². The Morgan fingerprint density at radius 2 is 1.80 bits per heavy atom. The summed E-state index contributed by atoms with van der Waals surface area (Å²) in [5.41, 5.74) is 0. The lowest BCUT2D eigenvalue weighted by Gasteiger charge is -2.15. The zero-order valence-corrected chi connectivity index (χ0v) is 8.95. The third kappa shape index (κ3) is 6.48. The standard InChI is InChI=1S/C9H16N2O4/c1-10-7(12)5-6-11(2)8(13)3-4-9(14)15/h3-6H2,1-2H3,(H,10,12)(H,14,15). The van der Waals surface area contributed by atoms with E-state index in [2.05, 4.69) is 5.32 Å². The number of amides is 2. The fourth-order valence-corrected chi connectivity index (χ4v) is 0.924. The van der Waals surface area contributed by atoms with Crippen molar-refractivity contribution in [2.45, 2.75) is 19.3 Å². The summed E-state index contributed by atoms with van der Waals surface area (Å²) in [5, 5.41) is 10.8. The maximum atomic E-state index is 11.3. The second kappa shape index (κ2) is 6.80. The minimum Gasteiger partial charge on any atom is -0.481 e. The number of carbonyl (C=O) groups excluding carboxylic acids is 2. The van der Waals surface area contributed by atoms with Gasteiger partial charge in [-0.2, -0.15) is 0 Å². The van der Waals surface area contributed by atoms with Gasteiger partial charge in [-0.15, -0.1) is 0 Å². The van der Waals surface area contributed by atoms with Crippen LogP contribution in [0.4, 0.5) is 0 Å². The highest BCUT2D eigenvalue weighted by atomic mass is 16.4. The molecule has 6 heteroatoms. The average molecular weight is 216 g/mol. The summed E-state index contributed by atoms with van der Waals surface area (Å²) in [4.78, 5) is 33.7. The molecule has 0 aliphatic heterocycles. The number of carboxylic acid groups (broad SMARTS) is 1. The molecule has 0 aliphatic carbocycles. The molecule has 0 spiro atoms. The van der Waals surface area contributed by atoms with Gasteiger partial charge in [-0.05, 0) is 0 Å². The molecular formula is C9H16N2O4. The summed E-state index contributed by atoms with van der Waals surface area (Å²) >= 11 is 0. The Hall–Kier alpha value is -1.59. The molecule has 0 aromatic rings. The zero-order valence-electron chi connectivity index (χ0n) is 8.95. The lowest BCUT2D eigenvalue weighted by atomic mass is 10.2. The fourth-order valence-electron chi connectivity index (χ4n) is 0.924. The van der Waals surface area contributed by atoms with E-state index in [1.807, 2.05) is 0 Å². The minimum atomic E-state index is -0.997. The third-order valence-corrected chi connectivity index (χ3v) is 1.93. The van der Waals surface area contributed by atoms with Gasteiger partial charge in [0.05, 0.1) is 6.42 Å². The number of aliphatic carboxylic acids is 1. The van der Waals surface area contributed by atoms with Gasteiger partial charge in [-0.25, -0.2) is 0 Å². The van der Waals surface area contributed by atoms with Crippen molar-refractivity contribution in [1.82, 2.24) is 10.2 Å². The van der Waals surface area contributed by atoms with Crippen LogP contribution in [0.25, 0.3) is 0 Å². The smallest absolute Gasteiger partial charge is 0.303 e. The van der Waals surface area contributed by atoms with Crippen molar-refractivity contribution < 1.29 is 19.5 Å². The van der Waals surface area contributed by atoms with E-state index in [-0.39, 0.29) is 31.1 Å². The largest absolute Gasteiger partial charge is 0.481 e. The number of nitrogens with zero attached hydrogens (tertiary/aromatic N) is 1. The van der Waals surface area contributed by atoms with E-state index in [4.69, 9.17) is 5.11 Å².